The first kappa shape index (κ1) is 12.3. The van der Waals surface area contributed by atoms with Crippen LogP contribution in [-0.4, -0.2) is 20.9 Å². The maximum atomic E-state index is 11.8. The van der Waals surface area contributed by atoms with Gasteiger partial charge in [-0.1, -0.05) is 41.6 Å². The third-order valence-electron chi connectivity index (χ3n) is 3.26. The molecule has 20 heavy (non-hydrogen) atoms. The van der Waals surface area contributed by atoms with E-state index in [9.17, 15) is 4.79 Å². The Hall–Kier alpha value is -2.69. The summed E-state index contributed by atoms with van der Waals surface area (Å²) in [6.07, 6.45) is 0. The Balaban J connectivity index is 2.18. The van der Waals surface area contributed by atoms with Crippen LogP contribution in [0.25, 0.3) is 11.0 Å². The van der Waals surface area contributed by atoms with Gasteiger partial charge in [0.2, 0.25) is 5.91 Å². The number of rotatable bonds is 3. The minimum Gasteiger partial charge on any atom is -0.368 e. The predicted octanol–water partition coefficient (Wildman–Crippen LogP) is 1.81. The van der Waals surface area contributed by atoms with E-state index in [0.29, 0.717) is 0 Å². The van der Waals surface area contributed by atoms with Crippen LogP contribution >= 0.6 is 0 Å². The van der Waals surface area contributed by atoms with Crippen LogP contribution in [0, 0.1) is 6.92 Å². The molecule has 1 atom stereocenters. The van der Waals surface area contributed by atoms with Crippen molar-refractivity contribution in [3.63, 3.8) is 0 Å². The second kappa shape index (κ2) is 4.77. The number of fused-ring (bicyclic) bond motifs is 1. The van der Waals surface area contributed by atoms with Gasteiger partial charge in [-0.15, -0.1) is 5.10 Å². The van der Waals surface area contributed by atoms with E-state index in [1.807, 2.05) is 55.5 Å². The lowest BCUT2D eigenvalue weighted by molar-refractivity contribution is -0.120. The fraction of sp³-hybridized carbons (Fsp3) is 0.133. The summed E-state index contributed by atoms with van der Waals surface area (Å²) < 4.78 is 1.58. The maximum absolute atomic E-state index is 11.8. The molecule has 5 heteroatoms. The molecule has 0 saturated carbocycles. The van der Waals surface area contributed by atoms with Crippen molar-refractivity contribution in [1.29, 1.82) is 0 Å². The zero-order valence-electron chi connectivity index (χ0n) is 11.0. The summed E-state index contributed by atoms with van der Waals surface area (Å²) in [7, 11) is 0. The third kappa shape index (κ3) is 2.03. The first-order chi connectivity index (χ1) is 9.66. The van der Waals surface area contributed by atoms with E-state index in [1.54, 1.807) is 4.68 Å². The number of hydrogen-bond donors (Lipinski definition) is 1. The molecule has 2 aromatic carbocycles. The average Bonchev–Trinajstić information content (AvgIpc) is 2.83. The first-order valence-electron chi connectivity index (χ1n) is 6.32. The summed E-state index contributed by atoms with van der Waals surface area (Å²) in [6, 6.07) is 14.5. The Morgan fingerprint density at radius 3 is 2.65 bits per heavy atom. The van der Waals surface area contributed by atoms with Crippen LogP contribution in [0.5, 0.6) is 0 Å². The van der Waals surface area contributed by atoms with Gasteiger partial charge in [0.05, 0.1) is 5.52 Å². The quantitative estimate of drug-likeness (QED) is 0.785. The second-order valence-corrected chi connectivity index (χ2v) is 4.74. The molecular weight excluding hydrogens is 252 g/mol. The molecular formula is C15H14N4O. The van der Waals surface area contributed by atoms with Crippen molar-refractivity contribution in [3.05, 3.63) is 59.7 Å². The molecule has 100 valence electrons. The van der Waals surface area contributed by atoms with Crippen LogP contribution in [-0.2, 0) is 4.79 Å². The highest BCUT2D eigenvalue weighted by Gasteiger charge is 2.23. The zero-order valence-corrected chi connectivity index (χ0v) is 11.0. The molecule has 1 aromatic heterocycles. The third-order valence-corrected chi connectivity index (χ3v) is 3.26. The summed E-state index contributed by atoms with van der Waals surface area (Å²) in [5.41, 5.74) is 9.00. The standard InChI is InChI=1S/C15H14N4O/c1-10-7-8-13-12(9-10)17-18-19(13)14(15(16)20)11-5-3-2-4-6-11/h2-9,14H,1H3,(H2,16,20). The summed E-state index contributed by atoms with van der Waals surface area (Å²) in [4.78, 5) is 11.8. The number of nitrogens with zero attached hydrogens (tertiary/aromatic N) is 3. The number of primary amides is 1. The predicted molar refractivity (Wildman–Crippen MR) is 76.0 cm³/mol. The first-order valence-corrected chi connectivity index (χ1v) is 6.32. The molecule has 3 rings (SSSR count). The molecule has 0 spiro atoms. The van der Waals surface area contributed by atoms with Gasteiger partial charge in [0, 0.05) is 0 Å². The van der Waals surface area contributed by atoms with Crippen LogP contribution in [0.3, 0.4) is 0 Å². The van der Waals surface area contributed by atoms with E-state index in [-0.39, 0.29) is 0 Å². The highest BCUT2D eigenvalue weighted by molar-refractivity contribution is 5.84. The Labute approximate surface area is 116 Å². The number of amides is 1. The van der Waals surface area contributed by atoms with E-state index >= 15 is 0 Å². The summed E-state index contributed by atoms with van der Waals surface area (Å²) in [6.45, 7) is 1.99. The molecule has 0 bridgehead atoms. The molecule has 0 aliphatic heterocycles. The summed E-state index contributed by atoms with van der Waals surface area (Å²) >= 11 is 0. The van der Waals surface area contributed by atoms with Gasteiger partial charge in [-0.05, 0) is 30.2 Å². The SMILES string of the molecule is Cc1ccc2c(c1)nnn2C(C(N)=O)c1ccccc1. The van der Waals surface area contributed by atoms with Crippen molar-refractivity contribution < 1.29 is 4.79 Å². The van der Waals surface area contributed by atoms with E-state index in [2.05, 4.69) is 10.3 Å². The van der Waals surface area contributed by atoms with Crippen LogP contribution in [0.1, 0.15) is 17.2 Å². The Morgan fingerprint density at radius 2 is 1.95 bits per heavy atom. The van der Waals surface area contributed by atoms with Gasteiger partial charge in [0.1, 0.15) is 5.52 Å². The van der Waals surface area contributed by atoms with Gasteiger partial charge in [0.25, 0.3) is 0 Å². The molecule has 0 fully saturated rings. The van der Waals surface area contributed by atoms with Crippen molar-refractivity contribution in [2.45, 2.75) is 13.0 Å². The molecule has 1 amide bonds. The normalized spacial score (nSPS) is 12.4. The van der Waals surface area contributed by atoms with E-state index in [1.165, 1.54) is 0 Å². The number of aromatic nitrogens is 3. The van der Waals surface area contributed by atoms with Gasteiger partial charge in [-0.25, -0.2) is 4.68 Å². The fourth-order valence-corrected chi connectivity index (χ4v) is 2.30. The molecule has 2 N–H and O–H groups in total. The number of hydrogen-bond acceptors (Lipinski definition) is 3. The Kier molecular flexibility index (Phi) is 2.95. The Bertz CT molecular complexity index is 764. The monoisotopic (exact) mass is 266 g/mol. The fourth-order valence-electron chi connectivity index (χ4n) is 2.30. The van der Waals surface area contributed by atoms with Gasteiger partial charge in [-0.2, -0.15) is 0 Å². The maximum Gasteiger partial charge on any atom is 0.246 e. The van der Waals surface area contributed by atoms with Gasteiger partial charge >= 0.3 is 0 Å². The van der Waals surface area contributed by atoms with Crippen LogP contribution in [0.15, 0.2) is 48.5 Å². The van der Waals surface area contributed by atoms with E-state index < -0.39 is 11.9 Å². The van der Waals surface area contributed by atoms with Crippen molar-refractivity contribution in [2.75, 3.05) is 0 Å². The van der Waals surface area contributed by atoms with E-state index in [0.717, 1.165) is 22.2 Å². The lowest BCUT2D eigenvalue weighted by atomic mass is 10.1. The van der Waals surface area contributed by atoms with Gasteiger partial charge < -0.3 is 5.73 Å². The van der Waals surface area contributed by atoms with Crippen molar-refractivity contribution in [1.82, 2.24) is 15.0 Å². The zero-order chi connectivity index (χ0) is 14.1. The minimum atomic E-state index is -0.649. The highest BCUT2D eigenvalue weighted by Crippen LogP contribution is 2.22. The lowest BCUT2D eigenvalue weighted by Crippen LogP contribution is -2.28. The molecule has 1 unspecified atom stereocenters. The van der Waals surface area contributed by atoms with E-state index in [4.69, 9.17) is 5.73 Å². The summed E-state index contributed by atoms with van der Waals surface area (Å²) in [5.74, 6) is -0.455. The number of aryl methyl sites for hydroxylation is 1. The van der Waals surface area contributed by atoms with Crippen molar-refractivity contribution in [3.8, 4) is 0 Å². The minimum absolute atomic E-state index is 0.455. The van der Waals surface area contributed by atoms with Crippen molar-refractivity contribution in [2.24, 2.45) is 5.73 Å². The summed E-state index contributed by atoms with van der Waals surface area (Å²) in [5, 5.41) is 8.21. The van der Waals surface area contributed by atoms with Crippen LogP contribution < -0.4 is 5.73 Å². The topological polar surface area (TPSA) is 73.8 Å². The Morgan fingerprint density at radius 1 is 1.20 bits per heavy atom. The molecule has 1 heterocycles. The molecule has 5 nitrogen and oxygen atoms in total. The van der Waals surface area contributed by atoms with Gasteiger partial charge in [0.15, 0.2) is 6.04 Å². The number of carbonyl (C=O) groups is 1. The molecule has 3 aromatic rings. The van der Waals surface area contributed by atoms with Gasteiger partial charge in [-0.3, -0.25) is 4.79 Å². The van der Waals surface area contributed by atoms with Crippen LogP contribution in [0.2, 0.25) is 0 Å². The molecule has 0 radical (unpaired) electrons. The number of carbonyl (C=O) groups excluding carboxylic acids is 1. The smallest absolute Gasteiger partial charge is 0.246 e. The molecule has 0 aliphatic rings. The number of nitrogens with two attached hydrogens (primary N) is 1. The second-order valence-electron chi connectivity index (χ2n) is 4.74. The van der Waals surface area contributed by atoms with Crippen molar-refractivity contribution >= 4 is 16.9 Å². The lowest BCUT2D eigenvalue weighted by Gasteiger charge is -2.14. The molecule has 0 saturated heterocycles. The number of benzene rings is 2. The average molecular weight is 266 g/mol. The highest BCUT2D eigenvalue weighted by atomic mass is 16.1. The van der Waals surface area contributed by atoms with Crippen LogP contribution in [0.4, 0.5) is 0 Å². The molecule has 0 aliphatic carbocycles. The largest absolute Gasteiger partial charge is 0.368 e.